The quantitative estimate of drug-likeness (QED) is 0.122. The van der Waals surface area contributed by atoms with Gasteiger partial charge in [-0.1, -0.05) is 117 Å². The fourth-order valence-corrected chi connectivity index (χ4v) is 24.6. The van der Waals surface area contributed by atoms with Crippen molar-refractivity contribution in [3.8, 4) is 0 Å². The fraction of sp³-hybridized carbons (Fsp3) is 0.868. The molecule has 0 spiro atoms. The van der Waals surface area contributed by atoms with Gasteiger partial charge in [-0.2, -0.15) is 0 Å². The molecule has 0 aliphatic heterocycles. The van der Waals surface area contributed by atoms with Crippen molar-refractivity contribution >= 4 is 23.9 Å². The van der Waals surface area contributed by atoms with Gasteiger partial charge in [0.1, 0.15) is 12.2 Å². The molecule has 9 unspecified atom stereocenters. The molecular weight excluding hydrogens is 1060 g/mol. The van der Waals surface area contributed by atoms with Gasteiger partial charge < -0.3 is 24.1 Å². The lowest BCUT2D eigenvalue weighted by Gasteiger charge is -2.57. The van der Waals surface area contributed by atoms with E-state index in [0.717, 1.165) is 118 Å². The lowest BCUT2D eigenvalue weighted by Crippen LogP contribution is -2.49. The van der Waals surface area contributed by atoms with Crippen molar-refractivity contribution in [3.05, 3.63) is 34.9 Å². The van der Waals surface area contributed by atoms with Gasteiger partial charge in [0.05, 0.1) is 25.7 Å². The third-order valence-electron chi connectivity index (χ3n) is 29.0. The van der Waals surface area contributed by atoms with Gasteiger partial charge in [-0.25, -0.2) is 0 Å². The molecular formula is C76H120O9. The van der Waals surface area contributed by atoms with Crippen LogP contribution in [0.5, 0.6) is 0 Å². The van der Waals surface area contributed by atoms with Crippen LogP contribution in [-0.2, 0) is 38.1 Å². The van der Waals surface area contributed by atoms with E-state index in [0.29, 0.717) is 63.8 Å². The van der Waals surface area contributed by atoms with Crippen LogP contribution in [0.3, 0.4) is 0 Å². The average Bonchev–Trinajstić information content (AvgIpc) is 3.50. The zero-order valence-corrected chi connectivity index (χ0v) is 56.1. The number of methoxy groups -OCH3 is 1. The first kappa shape index (κ1) is 65.0. The predicted octanol–water partition coefficient (Wildman–Crippen LogP) is 17.8. The molecule has 0 heterocycles. The molecule has 24 atom stereocenters. The highest BCUT2D eigenvalue weighted by Crippen LogP contribution is 2.70. The van der Waals surface area contributed by atoms with Crippen molar-refractivity contribution in [3.63, 3.8) is 0 Å². The second-order valence-corrected chi connectivity index (χ2v) is 33.0. The van der Waals surface area contributed by atoms with Crippen molar-refractivity contribution in [1.29, 1.82) is 0 Å². The van der Waals surface area contributed by atoms with E-state index in [4.69, 9.17) is 18.9 Å². The van der Waals surface area contributed by atoms with E-state index in [1.54, 1.807) is 18.1 Å². The summed E-state index contributed by atoms with van der Waals surface area (Å²) >= 11 is 0. The molecule has 12 aliphatic rings. The summed E-state index contributed by atoms with van der Waals surface area (Å²) in [5, 5.41) is 10.2. The first-order valence-electron chi connectivity index (χ1n) is 35.6. The minimum absolute atomic E-state index is 0.0176. The third-order valence-corrected chi connectivity index (χ3v) is 29.0. The lowest BCUT2D eigenvalue weighted by atomic mass is 9.48. The molecule has 0 aromatic heterocycles. The van der Waals surface area contributed by atoms with Gasteiger partial charge in [-0.05, 0) is 276 Å². The highest BCUT2D eigenvalue weighted by atomic mass is 16.5. The summed E-state index contributed by atoms with van der Waals surface area (Å²) in [5.41, 5.74) is 7.37. The zero-order chi connectivity index (χ0) is 61.2. The molecule has 9 saturated carbocycles. The van der Waals surface area contributed by atoms with Gasteiger partial charge in [0.25, 0.3) is 0 Å². The monoisotopic (exact) mass is 1180 g/mol. The van der Waals surface area contributed by atoms with Crippen LogP contribution in [0.2, 0.25) is 0 Å². The Morgan fingerprint density at radius 1 is 0.506 bits per heavy atom. The molecule has 478 valence electrons. The summed E-state index contributed by atoms with van der Waals surface area (Å²) in [5.74, 6) is 9.73. The van der Waals surface area contributed by atoms with Gasteiger partial charge in [0, 0.05) is 20.8 Å². The Balaban J connectivity index is 0.000000143. The molecule has 9 nitrogen and oxygen atoms in total. The van der Waals surface area contributed by atoms with E-state index in [-0.39, 0.29) is 58.9 Å². The van der Waals surface area contributed by atoms with Crippen LogP contribution in [0.1, 0.15) is 263 Å². The molecule has 85 heavy (non-hydrogen) atoms. The van der Waals surface area contributed by atoms with Gasteiger partial charge in [-0.3, -0.25) is 19.2 Å². The third kappa shape index (κ3) is 11.9. The molecule has 9 fully saturated rings. The van der Waals surface area contributed by atoms with Crippen molar-refractivity contribution in [2.45, 2.75) is 282 Å². The van der Waals surface area contributed by atoms with E-state index in [1.807, 2.05) is 5.57 Å². The number of ether oxygens (including phenoxy) is 4. The van der Waals surface area contributed by atoms with E-state index in [9.17, 15) is 24.3 Å². The summed E-state index contributed by atoms with van der Waals surface area (Å²) in [6.45, 7) is 29.6. The second-order valence-electron chi connectivity index (χ2n) is 33.0. The minimum atomic E-state index is -0.165. The topological polar surface area (TPSA) is 125 Å². The fourth-order valence-electron chi connectivity index (χ4n) is 24.6. The van der Waals surface area contributed by atoms with Crippen molar-refractivity contribution in [2.24, 2.45) is 121 Å². The molecule has 1 N–H and O–H groups in total. The molecule has 0 radical (unpaired) electrons. The largest absolute Gasteiger partial charge is 0.469 e. The smallest absolute Gasteiger partial charge is 0.308 e. The van der Waals surface area contributed by atoms with Gasteiger partial charge >= 0.3 is 23.9 Å². The van der Waals surface area contributed by atoms with Crippen LogP contribution in [0.25, 0.3) is 0 Å². The first-order valence-corrected chi connectivity index (χ1v) is 35.6. The molecule has 9 heteroatoms. The van der Waals surface area contributed by atoms with Crippen LogP contribution in [-0.4, -0.2) is 61.0 Å². The first-order chi connectivity index (χ1) is 40.2. The van der Waals surface area contributed by atoms with Crippen LogP contribution in [0.15, 0.2) is 34.9 Å². The lowest BCUT2D eigenvalue weighted by molar-refractivity contribution is -0.152. The predicted molar refractivity (Wildman–Crippen MR) is 338 cm³/mol. The van der Waals surface area contributed by atoms with Crippen molar-refractivity contribution < 1.29 is 43.2 Å². The summed E-state index contributed by atoms with van der Waals surface area (Å²) in [7, 11) is 1.51. The van der Waals surface area contributed by atoms with Gasteiger partial charge in [0.2, 0.25) is 0 Å². The van der Waals surface area contributed by atoms with E-state index in [2.05, 4.69) is 87.5 Å². The maximum Gasteiger partial charge on any atom is 0.308 e. The van der Waals surface area contributed by atoms with Crippen molar-refractivity contribution in [1.82, 2.24) is 0 Å². The maximum atomic E-state index is 12.3. The normalized spacial score (nSPS) is 45.5. The SMILES string of the molecule is CC(=O)OCC[C@@H](C)[C@H]1CCC2C3CCC4C[C@H](OC(C)=O)CC[C@]4(C)C3=CC[C@@]21C.CCC[C@@H](C)[C@H]1CCC2C3CCC4C[C@H](O)CC[C@]4(C)C3=CC[C@@]21C.COC(=O)[C@@H](C)[C@H]1CCC2C3CCC4C[C@H](OC(C)=O)CC[C@]4(C)C3=CC[C@@]21C. The van der Waals surface area contributed by atoms with Crippen LogP contribution in [0, 0.1) is 121 Å². The Bertz CT molecular complexity index is 2530. The number of hydrogen-bond acceptors (Lipinski definition) is 9. The number of fused-ring (bicyclic) bond motifs is 15. The van der Waals surface area contributed by atoms with Gasteiger partial charge in [0.15, 0.2) is 0 Å². The van der Waals surface area contributed by atoms with Crippen LogP contribution in [0.4, 0.5) is 0 Å². The van der Waals surface area contributed by atoms with E-state index < -0.39 is 0 Å². The molecule has 0 aromatic rings. The minimum Gasteiger partial charge on any atom is -0.469 e. The molecule has 0 aromatic carbocycles. The van der Waals surface area contributed by atoms with Crippen molar-refractivity contribution in [2.75, 3.05) is 13.7 Å². The zero-order valence-electron chi connectivity index (χ0n) is 56.1. The molecule has 0 bridgehead atoms. The number of rotatable bonds is 11. The maximum absolute atomic E-state index is 12.3. The number of esters is 4. The van der Waals surface area contributed by atoms with Crippen LogP contribution >= 0.6 is 0 Å². The number of carbonyl (C=O) groups is 4. The summed E-state index contributed by atoms with van der Waals surface area (Å²) in [6.07, 6.45) is 40.9. The number of hydrogen-bond donors (Lipinski definition) is 1. The number of carbonyl (C=O) groups excluding carboxylic acids is 4. The standard InChI is InChI=1S/C27H42O4.C25H38O4.C24H40O/c1-17(12-15-30-18(2)28)23-8-9-24-22-7-6-20-16-21(31-19(3)29)10-13-26(20,4)25(22)11-14-27(23,24)5;1-15(23(27)28-5)20-8-9-21-19-7-6-17-14-18(29-16(2)26)10-12-24(17,3)22(19)11-13-25(20,21)4;1-5-6-16(2)20-9-10-21-19-8-7-17-15-18(25)11-13-23(17,3)22(19)12-14-24(20,21)4/h11,17,20-24H,6-10,12-16H2,1-5H3;11,15,17-21H,6-10,12-14H2,1-5H3;12,16-21,25H,5-11,13-15H2,1-4H3/t17-,20?,21-,22?,23-,24?,26+,27-;15-,17?,18+,19?,20+,21?,24-,25+;16-,17?,18-,19?,20-,21?,23+,24-/m101/s1. The second kappa shape index (κ2) is 25.4. The van der Waals surface area contributed by atoms with Gasteiger partial charge in [-0.15, -0.1) is 0 Å². The highest BCUT2D eigenvalue weighted by molar-refractivity contribution is 5.72. The molecule has 12 rings (SSSR count). The Morgan fingerprint density at radius 3 is 1.29 bits per heavy atom. The summed E-state index contributed by atoms with van der Waals surface area (Å²) in [4.78, 5) is 46.3. The average molecular weight is 1180 g/mol. The number of aliphatic hydroxyl groups excluding tert-OH is 1. The summed E-state index contributed by atoms with van der Waals surface area (Å²) in [6, 6.07) is 0. The van der Waals surface area contributed by atoms with Crippen LogP contribution < -0.4 is 0 Å². The molecule has 0 amide bonds. The molecule has 0 saturated heterocycles. The Morgan fingerprint density at radius 2 is 0.894 bits per heavy atom. The van der Waals surface area contributed by atoms with E-state index in [1.165, 1.54) is 124 Å². The number of aliphatic hydroxyl groups is 1. The summed E-state index contributed by atoms with van der Waals surface area (Å²) < 4.78 is 21.5. The Hall–Kier alpha value is -2.94. The Kier molecular flexibility index (Phi) is 19.4. The highest BCUT2D eigenvalue weighted by Gasteiger charge is 2.62. The number of allylic oxidation sites excluding steroid dienone is 6. The molecule has 12 aliphatic carbocycles. The Labute approximate surface area is 516 Å². The van der Waals surface area contributed by atoms with E-state index >= 15 is 0 Å².